The second-order valence-corrected chi connectivity index (χ2v) is 8.36. The molecular formula is C12H26N2O7P2. The van der Waals surface area contributed by atoms with Crippen LogP contribution < -0.4 is 5.32 Å². The summed E-state index contributed by atoms with van der Waals surface area (Å²) in [6, 6.07) is -0.433. The number of nitrogens with zero attached hydrogens (tertiary/aromatic N) is 1. The van der Waals surface area contributed by atoms with Gasteiger partial charge in [-0.25, -0.2) is 13.7 Å². The number of hydrogen-bond acceptors (Lipinski definition) is 4. The Labute approximate surface area is 136 Å². The highest BCUT2D eigenvalue weighted by Crippen LogP contribution is 2.56. The zero-order valence-electron chi connectivity index (χ0n) is 13.6. The van der Waals surface area contributed by atoms with Gasteiger partial charge in [0.15, 0.2) is 0 Å². The first-order chi connectivity index (χ1) is 10.5. The fraction of sp³-hybridized carbons (Fsp3) is 0.750. The van der Waals surface area contributed by atoms with Crippen LogP contribution in [0.25, 0.3) is 0 Å². The molecule has 0 radical (unpaired) electrons. The van der Waals surface area contributed by atoms with E-state index in [9.17, 15) is 18.8 Å². The zero-order valence-corrected chi connectivity index (χ0v) is 15.4. The van der Waals surface area contributed by atoms with E-state index in [0.29, 0.717) is 18.7 Å². The molecule has 0 heterocycles. The molecule has 0 saturated heterocycles. The van der Waals surface area contributed by atoms with Crippen molar-refractivity contribution in [2.45, 2.75) is 40.0 Å². The summed E-state index contributed by atoms with van der Waals surface area (Å²) in [6.45, 7) is 5.79. The number of rotatable bonds is 10. The molecule has 0 aromatic carbocycles. The van der Waals surface area contributed by atoms with Crippen molar-refractivity contribution in [2.24, 2.45) is 0 Å². The van der Waals surface area contributed by atoms with Crippen LogP contribution in [0.2, 0.25) is 0 Å². The number of amides is 2. The van der Waals surface area contributed by atoms with Gasteiger partial charge >= 0.3 is 21.4 Å². The van der Waals surface area contributed by atoms with E-state index in [-0.39, 0.29) is 6.54 Å². The molecule has 2 amide bonds. The van der Waals surface area contributed by atoms with E-state index in [0.717, 1.165) is 12.8 Å². The maximum Gasteiger partial charge on any atom is 0.476 e. The number of carbonyl (C=O) groups excluding carboxylic acids is 1. The standard InChI is InChI=1S/C12H26N2O7P2/c1-4-6-8-14(12(15)13-11(3)7-5-2)9-10-22(16,17)21-23(18,19)20/h7H,4-6,8-10H2,1-3H3,(H,13,15)(H,16,17)(H2,18,19,20). The summed E-state index contributed by atoms with van der Waals surface area (Å²) in [4.78, 5) is 40.1. The van der Waals surface area contributed by atoms with Gasteiger partial charge in [0.25, 0.3) is 0 Å². The number of nitrogens with one attached hydrogen (secondary N) is 1. The molecule has 136 valence electrons. The molecule has 0 spiro atoms. The van der Waals surface area contributed by atoms with Gasteiger partial charge in [0.2, 0.25) is 0 Å². The Morgan fingerprint density at radius 3 is 2.30 bits per heavy atom. The molecule has 4 N–H and O–H groups in total. The van der Waals surface area contributed by atoms with Crippen LogP contribution in [0.15, 0.2) is 11.8 Å². The Bertz CT molecular complexity index is 504. The Morgan fingerprint density at radius 2 is 1.83 bits per heavy atom. The van der Waals surface area contributed by atoms with E-state index in [1.165, 1.54) is 4.90 Å². The minimum atomic E-state index is -5.06. The van der Waals surface area contributed by atoms with Gasteiger partial charge in [0, 0.05) is 18.8 Å². The number of urea groups is 1. The average molecular weight is 372 g/mol. The second kappa shape index (κ2) is 10.2. The molecule has 0 rings (SSSR count). The quantitative estimate of drug-likeness (QED) is 0.432. The van der Waals surface area contributed by atoms with Crippen LogP contribution in [-0.4, -0.2) is 44.9 Å². The maximum absolute atomic E-state index is 12.1. The van der Waals surface area contributed by atoms with E-state index in [1.54, 1.807) is 6.92 Å². The molecule has 0 aromatic rings. The minimum Gasteiger partial charge on any atom is -0.324 e. The summed E-state index contributed by atoms with van der Waals surface area (Å²) in [7, 11) is -9.55. The number of phosphoric acid groups is 1. The first kappa shape index (κ1) is 22.3. The lowest BCUT2D eigenvalue weighted by Crippen LogP contribution is -2.41. The van der Waals surface area contributed by atoms with Crippen LogP contribution in [0.3, 0.4) is 0 Å². The lowest BCUT2D eigenvalue weighted by Gasteiger charge is -2.24. The number of allylic oxidation sites excluding steroid dienone is 2. The molecule has 0 aliphatic rings. The van der Waals surface area contributed by atoms with Gasteiger partial charge in [-0.3, -0.25) is 4.57 Å². The van der Waals surface area contributed by atoms with Crippen LogP contribution in [0.4, 0.5) is 4.79 Å². The molecule has 0 bridgehead atoms. The molecule has 0 fully saturated rings. The van der Waals surface area contributed by atoms with Gasteiger partial charge in [-0.15, -0.1) is 0 Å². The fourth-order valence-electron chi connectivity index (χ4n) is 1.72. The summed E-state index contributed by atoms with van der Waals surface area (Å²) in [6.07, 6.45) is 3.53. The zero-order chi connectivity index (χ0) is 18.1. The first-order valence-corrected chi connectivity index (χ1v) is 10.6. The second-order valence-electron chi connectivity index (χ2n) is 5.00. The van der Waals surface area contributed by atoms with Crippen molar-refractivity contribution in [3.8, 4) is 0 Å². The van der Waals surface area contributed by atoms with Crippen molar-refractivity contribution < 1.29 is 32.9 Å². The Kier molecular flexibility index (Phi) is 9.93. The predicted octanol–water partition coefficient (Wildman–Crippen LogP) is 2.41. The van der Waals surface area contributed by atoms with Gasteiger partial charge in [-0.2, -0.15) is 0 Å². The molecule has 23 heavy (non-hydrogen) atoms. The molecule has 1 atom stereocenters. The van der Waals surface area contributed by atoms with Gasteiger partial charge in [0.05, 0.1) is 6.16 Å². The van der Waals surface area contributed by atoms with E-state index in [2.05, 4.69) is 9.63 Å². The maximum atomic E-state index is 12.1. The van der Waals surface area contributed by atoms with Crippen molar-refractivity contribution in [3.63, 3.8) is 0 Å². The third-order valence-electron chi connectivity index (χ3n) is 2.77. The van der Waals surface area contributed by atoms with Crippen LogP contribution in [-0.2, 0) is 13.4 Å². The molecular weight excluding hydrogens is 346 g/mol. The third kappa shape index (κ3) is 11.5. The Hall–Kier alpha value is -0.690. The van der Waals surface area contributed by atoms with E-state index < -0.39 is 27.6 Å². The third-order valence-corrected chi connectivity index (χ3v) is 5.41. The number of hydrogen-bond donors (Lipinski definition) is 4. The van der Waals surface area contributed by atoms with Crippen molar-refractivity contribution in [2.75, 3.05) is 19.3 Å². The van der Waals surface area contributed by atoms with Crippen molar-refractivity contribution in [1.29, 1.82) is 0 Å². The molecule has 0 saturated carbocycles. The molecule has 0 aliphatic heterocycles. The highest BCUT2D eigenvalue weighted by molar-refractivity contribution is 7.63. The summed E-state index contributed by atoms with van der Waals surface area (Å²) in [5, 5.41) is 2.66. The monoisotopic (exact) mass is 372 g/mol. The molecule has 0 aromatic heterocycles. The van der Waals surface area contributed by atoms with Crippen LogP contribution in [0.5, 0.6) is 0 Å². The van der Waals surface area contributed by atoms with Gasteiger partial charge < -0.3 is 24.9 Å². The van der Waals surface area contributed by atoms with E-state index >= 15 is 0 Å². The summed E-state index contributed by atoms with van der Waals surface area (Å²) < 4.78 is 26.2. The first-order valence-electron chi connectivity index (χ1n) is 7.32. The summed E-state index contributed by atoms with van der Waals surface area (Å²) >= 11 is 0. The van der Waals surface area contributed by atoms with Gasteiger partial charge in [-0.1, -0.05) is 26.3 Å². The summed E-state index contributed by atoms with van der Waals surface area (Å²) in [5.74, 6) is 0. The largest absolute Gasteiger partial charge is 0.476 e. The Balaban J connectivity index is 4.79. The highest BCUT2D eigenvalue weighted by Gasteiger charge is 2.31. The molecule has 0 aliphatic carbocycles. The van der Waals surface area contributed by atoms with Crippen LogP contribution in [0, 0.1) is 0 Å². The smallest absolute Gasteiger partial charge is 0.324 e. The fourth-order valence-corrected chi connectivity index (χ4v) is 3.87. The Morgan fingerprint density at radius 1 is 1.22 bits per heavy atom. The van der Waals surface area contributed by atoms with Crippen LogP contribution in [0.1, 0.15) is 40.0 Å². The predicted molar refractivity (Wildman–Crippen MR) is 86.9 cm³/mol. The van der Waals surface area contributed by atoms with Crippen molar-refractivity contribution in [3.05, 3.63) is 11.8 Å². The number of carbonyl (C=O) groups is 1. The van der Waals surface area contributed by atoms with Gasteiger partial charge in [-0.05, 0) is 19.8 Å². The minimum absolute atomic E-state index is 0.154. The van der Waals surface area contributed by atoms with Crippen molar-refractivity contribution in [1.82, 2.24) is 10.2 Å². The van der Waals surface area contributed by atoms with E-state index in [4.69, 9.17) is 9.79 Å². The normalized spacial score (nSPS) is 15.1. The lowest BCUT2D eigenvalue weighted by atomic mass is 10.3. The van der Waals surface area contributed by atoms with Crippen molar-refractivity contribution >= 4 is 21.4 Å². The SMILES string of the molecule is CCC=C(C)NC(=O)N(CCCC)CCP(=O)(O)OP(=O)(O)O. The molecule has 1 unspecified atom stereocenters. The van der Waals surface area contributed by atoms with E-state index in [1.807, 2.05) is 19.9 Å². The average Bonchev–Trinajstić information content (AvgIpc) is 2.35. The lowest BCUT2D eigenvalue weighted by molar-refractivity contribution is 0.201. The molecule has 11 heteroatoms. The molecule has 9 nitrogen and oxygen atoms in total. The number of unbranched alkanes of at least 4 members (excludes halogenated alkanes) is 1. The topological polar surface area (TPSA) is 136 Å². The highest BCUT2D eigenvalue weighted by atomic mass is 31.3. The van der Waals surface area contributed by atoms with Gasteiger partial charge in [0.1, 0.15) is 0 Å². The summed E-state index contributed by atoms with van der Waals surface area (Å²) in [5.41, 5.74) is 0.664. The van der Waals surface area contributed by atoms with Crippen LogP contribution >= 0.6 is 15.4 Å².